The van der Waals surface area contributed by atoms with E-state index in [-0.39, 0.29) is 42.5 Å². The summed E-state index contributed by atoms with van der Waals surface area (Å²) in [5.41, 5.74) is 1.43. The van der Waals surface area contributed by atoms with Crippen molar-refractivity contribution >= 4 is 17.7 Å². The predicted octanol–water partition coefficient (Wildman–Crippen LogP) is 2.27. The molecule has 1 fully saturated rings. The Morgan fingerprint density at radius 3 is 2.65 bits per heavy atom. The number of amides is 3. The number of aryl methyl sites for hydroxylation is 1. The Hall–Kier alpha value is -3.48. The van der Waals surface area contributed by atoms with Gasteiger partial charge in [0.15, 0.2) is 0 Å². The van der Waals surface area contributed by atoms with E-state index in [0.29, 0.717) is 12.1 Å². The number of likely N-dealkylation sites (N-methyl/N-ethyl adjacent to an activating group) is 1. The lowest BCUT2D eigenvalue weighted by Gasteiger charge is -2.35. The fraction of sp³-hybridized carbons (Fsp3) is 0.630. The third kappa shape index (κ3) is 4.67. The maximum atomic E-state index is 14.1. The number of carbonyl (C=O) groups excluding carboxylic acids is 3. The zero-order valence-electron chi connectivity index (χ0n) is 22.6. The van der Waals surface area contributed by atoms with Crippen molar-refractivity contribution in [3.8, 4) is 6.07 Å². The summed E-state index contributed by atoms with van der Waals surface area (Å²) >= 11 is 0. The number of aromatic nitrogens is 3. The normalized spacial score (nSPS) is 24.5. The second kappa shape index (κ2) is 10.1. The molecule has 1 saturated heterocycles. The minimum absolute atomic E-state index is 0.0611. The number of likely N-dealkylation sites (tertiary alicyclic amines) is 1. The Morgan fingerprint density at radius 2 is 2.05 bits per heavy atom. The van der Waals surface area contributed by atoms with Crippen LogP contribution in [0.25, 0.3) is 0 Å². The van der Waals surface area contributed by atoms with E-state index in [9.17, 15) is 19.6 Å². The number of carbonyl (C=O) groups is 3. The quantitative estimate of drug-likeness (QED) is 0.604. The van der Waals surface area contributed by atoms with Gasteiger partial charge in [-0.2, -0.15) is 5.26 Å². The lowest BCUT2D eigenvalue weighted by molar-refractivity contribution is -0.147. The van der Waals surface area contributed by atoms with Crippen molar-refractivity contribution < 1.29 is 14.4 Å². The van der Waals surface area contributed by atoms with E-state index in [0.717, 1.165) is 24.1 Å². The Bertz CT molecular complexity index is 1190. The molecule has 4 rings (SSSR count). The van der Waals surface area contributed by atoms with E-state index in [1.165, 1.54) is 9.80 Å². The molecule has 0 saturated carbocycles. The Labute approximate surface area is 218 Å². The molecule has 3 amide bonds. The summed E-state index contributed by atoms with van der Waals surface area (Å²) in [5.74, 6) is -1.15. The van der Waals surface area contributed by atoms with Crippen LogP contribution in [-0.4, -0.2) is 68.2 Å². The van der Waals surface area contributed by atoms with E-state index in [1.54, 1.807) is 25.0 Å². The number of hydrogen-bond acceptors (Lipinski definition) is 6. The van der Waals surface area contributed by atoms with Gasteiger partial charge in [0.1, 0.15) is 12.1 Å². The van der Waals surface area contributed by atoms with Gasteiger partial charge in [-0.1, -0.05) is 45.1 Å². The zero-order chi connectivity index (χ0) is 27.1. The van der Waals surface area contributed by atoms with Crippen LogP contribution in [0.3, 0.4) is 0 Å². The topological polar surface area (TPSA) is 124 Å². The molecule has 1 aromatic heterocycles. The molecule has 1 N–H and O–H groups in total. The number of nitrogens with zero attached hydrogens (tertiary/aromatic N) is 6. The molecular weight excluding hydrogens is 470 g/mol. The van der Waals surface area contributed by atoms with E-state index >= 15 is 0 Å². The van der Waals surface area contributed by atoms with E-state index in [4.69, 9.17) is 0 Å². The molecule has 0 radical (unpaired) electrons. The molecule has 0 unspecified atom stereocenters. The minimum Gasteiger partial charge on any atom is -0.333 e. The molecule has 3 aliphatic rings. The Kier molecular flexibility index (Phi) is 7.27. The van der Waals surface area contributed by atoms with Crippen LogP contribution in [0.5, 0.6) is 0 Å². The lowest BCUT2D eigenvalue weighted by atomic mass is 9.77. The van der Waals surface area contributed by atoms with Crippen molar-refractivity contribution in [3.05, 3.63) is 35.3 Å². The summed E-state index contributed by atoms with van der Waals surface area (Å²) in [6.07, 6.45) is 8.03. The van der Waals surface area contributed by atoms with Crippen molar-refractivity contribution in [2.24, 2.45) is 24.3 Å². The number of nitrogens with one attached hydrogen (secondary N) is 1. The lowest BCUT2D eigenvalue weighted by Crippen LogP contribution is -2.53. The molecule has 0 bridgehead atoms. The highest BCUT2D eigenvalue weighted by Gasteiger charge is 2.57. The van der Waals surface area contributed by atoms with Crippen LogP contribution in [-0.2, 0) is 21.4 Å². The standard InChI is InChI=1S/C27H37N7O3/c1-16(2)11-22(33(6)25(36)23(17(3)4)21-14-32(5)31-30-21)24(35)34-15-27(12-18(34)13-28)19-9-7-8-10-20(19)29-26(27)37/h7,9,14,16-18,22-23H,8,10-12,15H2,1-6H3,(H,29,37)/t18-,22-,23+,27-/m0/s1. The predicted molar refractivity (Wildman–Crippen MR) is 136 cm³/mol. The summed E-state index contributed by atoms with van der Waals surface area (Å²) in [7, 11) is 3.40. The monoisotopic (exact) mass is 507 g/mol. The van der Waals surface area contributed by atoms with Gasteiger partial charge in [-0.15, -0.1) is 5.10 Å². The molecule has 10 heteroatoms. The van der Waals surface area contributed by atoms with Crippen molar-refractivity contribution in [1.82, 2.24) is 30.1 Å². The molecule has 2 aliphatic heterocycles. The average molecular weight is 508 g/mol. The molecule has 4 atom stereocenters. The van der Waals surface area contributed by atoms with Gasteiger partial charge < -0.3 is 15.1 Å². The third-order valence-electron chi connectivity index (χ3n) is 7.84. The molecule has 1 spiro atoms. The minimum atomic E-state index is -0.923. The highest BCUT2D eigenvalue weighted by molar-refractivity contribution is 5.96. The zero-order valence-corrected chi connectivity index (χ0v) is 22.6. The summed E-state index contributed by atoms with van der Waals surface area (Å²) in [5, 5.41) is 21.2. The number of allylic oxidation sites excluding steroid dienone is 3. The first kappa shape index (κ1) is 26.6. The molecular formula is C27H37N7O3. The fourth-order valence-corrected chi connectivity index (χ4v) is 5.93. The molecule has 1 aromatic rings. The van der Waals surface area contributed by atoms with Gasteiger partial charge in [-0.3, -0.25) is 19.1 Å². The summed E-state index contributed by atoms with van der Waals surface area (Å²) < 4.78 is 1.56. The first-order valence-electron chi connectivity index (χ1n) is 13.0. The van der Waals surface area contributed by atoms with Gasteiger partial charge in [0, 0.05) is 39.0 Å². The van der Waals surface area contributed by atoms with E-state index in [1.807, 2.05) is 39.8 Å². The van der Waals surface area contributed by atoms with Crippen molar-refractivity contribution in [3.63, 3.8) is 0 Å². The van der Waals surface area contributed by atoms with E-state index < -0.39 is 23.4 Å². The van der Waals surface area contributed by atoms with E-state index in [2.05, 4.69) is 21.7 Å². The number of fused-ring (bicyclic) bond motifs is 1. The van der Waals surface area contributed by atoms with Crippen molar-refractivity contribution in [2.45, 2.75) is 71.4 Å². The van der Waals surface area contributed by atoms with Gasteiger partial charge in [0.05, 0.1) is 23.1 Å². The van der Waals surface area contributed by atoms with Crippen LogP contribution in [0.15, 0.2) is 29.6 Å². The van der Waals surface area contributed by atoms with Crippen molar-refractivity contribution in [2.75, 3.05) is 13.6 Å². The smallest absolute Gasteiger partial charge is 0.246 e. The van der Waals surface area contributed by atoms with Crippen LogP contribution < -0.4 is 5.32 Å². The fourth-order valence-electron chi connectivity index (χ4n) is 5.93. The average Bonchev–Trinajstić information content (AvgIpc) is 3.53. The summed E-state index contributed by atoms with van der Waals surface area (Å²) in [6.45, 7) is 8.03. The number of rotatable bonds is 7. The summed E-state index contributed by atoms with van der Waals surface area (Å²) in [4.78, 5) is 44.2. The van der Waals surface area contributed by atoms with Crippen LogP contribution in [0.1, 0.15) is 65.0 Å². The Balaban J connectivity index is 1.64. The Morgan fingerprint density at radius 1 is 1.32 bits per heavy atom. The van der Waals surface area contributed by atoms with Crippen LogP contribution in [0.2, 0.25) is 0 Å². The third-order valence-corrected chi connectivity index (χ3v) is 7.84. The maximum absolute atomic E-state index is 14.1. The SMILES string of the molecule is CC(C)C[C@@H](C(=O)N1C[C@]2(C[C@H]1C#N)C(=O)NC1=C2C=CCC1)N(C)C(=O)[C@@H](c1cn(C)nn1)C(C)C. The first-order chi connectivity index (χ1) is 17.5. The largest absolute Gasteiger partial charge is 0.333 e. The summed E-state index contributed by atoms with van der Waals surface area (Å²) in [6, 6.07) is 0.744. The second-order valence-electron chi connectivity index (χ2n) is 11.3. The molecule has 0 aromatic carbocycles. The van der Waals surface area contributed by atoms with Gasteiger partial charge >= 0.3 is 0 Å². The van der Waals surface area contributed by atoms with Crippen LogP contribution >= 0.6 is 0 Å². The maximum Gasteiger partial charge on any atom is 0.246 e. The molecule has 3 heterocycles. The number of nitriles is 1. The van der Waals surface area contributed by atoms with Crippen LogP contribution in [0.4, 0.5) is 0 Å². The van der Waals surface area contributed by atoms with Gasteiger partial charge in [0.25, 0.3) is 0 Å². The highest BCUT2D eigenvalue weighted by atomic mass is 16.2. The molecule has 10 nitrogen and oxygen atoms in total. The van der Waals surface area contributed by atoms with Crippen LogP contribution in [0, 0.1) is 28.6 Å². The second-order valence-corrected chi connectivity index (χ2v) is 11.3. The number of hydrogen-bond donors (Lipinski definition) is 1. The van der Waals surface area contributed by atoms with Gasteiger partial charge in [0.2, 0.25) is 17.7 Å². The highest BCUT2D eigenvalue weighted by Crippen LogP contribution is 2.48. The molecule has 1 aliphatic carbocycles. The first-order valence-corrected chi connectivity index (χ1v) is 13.0. The molecule has 198 valence electrons. The van der Waals surface area contributed by atoms with Gasteiger partial charge in [-0.05, 0) is 36.7 Å². The van der Waals surface area contributed by atoms with Gasteiger partial charge in [-0.25, -0.2) is 0 Å². The van der Waals surface area contributed by atoms with Crippen molar-refractivity contribution in [1.29, 1.82) is 5.26 Å². The molecule has 37 heavy (non-hydrogen) atoms.